The normalized spacial score (nSPS) is 13.7. The number of H-pyrrole nitrogens is 1. The number of amides is 1. The van der Waals surface area contributed by atoms with Gasteiger partial charge in [-0.25, -0.2) is 4.98 Å². The van der Waals surface area contributed by atoms with E-state index >= 15 is 0 Å². The van der Waals surface area contributed by atoms with Crippen molar-refractivity contribution >= 4 is 55.7 Å². The second-order valence-corrected chi connectivity index (χ2v) is 11.1. The molecule has 3 heterocycles. The molecule has 0 bridgehead atoms. The van der Waals surface area contributed by atoms with Gasteiger partial charge in [-0.1, -0.05) is 25.2 Å². The highest BCUT2D eigenvalue weighted by atomic mass is 32.2. The molecule has 0 saturated carbocycles. The monoisotopic (exact) mass is 463 g/mol. The fourth-order valence-corrected chi connectivity index (χ4v) is 6.58. The number of aromatic amines is 1. The van der Waals surface area contributed by atoms with Gasteiger partial charge in [0.05, 0.1) is 11.1 Å². The fourth-order valence-electron chi connectivity index (χ4n) is 3.53. The maximum Gasteiger partial charge on any atom is 0.259 e. The molecule has 2 N–H and O–H groups in total. The SMILES string of the molecule is CC(C)Cc1nnc(NC(=O)CCSCc2nc3sc4c(c3c(=O)[nH]2)CCCC4)s1. The molecule has 0 atom stereocenters. The minimum Gasteiger partial charge on any atom is -0.309 e. The van der Waals surface area contributed by atoms with Crippen LogP contribution in [0.1, 0.15) is 54.4 Å². The molecule has 1 amide bonds. The lowest BCUT2D eigenvalue weighted by molar-refractivity contribution is -0.115. The molecule has 1 aliphatic carbocycles. The van der Waals surface area contributed by atoms with E-state index < -0.39 is 0 Å². The van der Waals surface area contributed by atoms with Crippen molar-refractivity contribution in [1.29, 1.82) is 0 Å². The fraction of sp³-hybridized carbons (Fsp3) is 0.550. The molecule has 30 heavy (non-hydrogen) atoms. The Balaban J connectivity index is 1.28. The Hall–Kier alpha value is -1.78. The van der Waals surface area contributed by atoms with E-state index in [2.05, 4.69) is 39.3 Å². The van der Waals surface area contributed by atoms with E-state index in [1.165, 1.54) is 28.2 Å². The minimum absolute atomic E-state index is 0.0267. The number of thiophene rings is 1. The third kappa shape index (κ3) is 5.09. The number of aromatic nitrogens is 4. The number of carbonyl (C=O) groups excluding carboxylic acids is 1. The number of hydrogen-bond donors (Lipinski definition) is 2. The summed E-state index contributed by atoms with van der Waals surface area (Å²) >= 11 is 4.68. The first kappa shape index (κ1) is 21.5. The Bertz CT molecular complexity index is 1100. The van der Waals surface area contributed by atoms with Crippen molar-refractivity contribution in [2.45, 2.75) is 58.1 Å². The third-order valence-corrected chi connectivity index (χ3v) is 7.90. The number of nitrogens with zero attached hydrogens (tertiary/aromatic N) is 3. The van der Waals surface area contributed by atoms with Crippen molar-refractivity contribution in [1.82, 2.24) is 20.2 Å². The Kier molecular flexibility index (Phi) is 6.84. The van der Waals surface area contributed by atoms with Crippen LogP contribution in [0.15, 0.2) is 4.79 Å². The van der Waals surface area contributed by atoms with Gasteiger partial charge in [0.2, 0.25) is 11.0 Å². The molecule has 0 fully saturated rings. The van der Waals surface area contributed by atoms with Gasteiger partial charge in [-0.2, -0.15) is 11.8 Å². The van der Waals surface area contributed by atoms with Crippen molar-refractivity contribution in [3.63, 3.8) is 0 Å². The van der Waals surface area contributed by atoms with Crippen LogP contribution < -0.4 is 10.9 Å². The first-order valence-electron chi connectivity index (χ1n) is 10.2. The van der Waals surface area contributed by atoms with E-state index in [0.717, 1.165) is 40.9 Å². The number of thioether (sulfide) groups is 1. The van der Waals surface area contributed by atoms with Gasteiger partial charge in [-0.3, -0.25) is 9.59 Å². The first-order chi connectivity index (χ1) is 14.5. The summed E-state index contributed by atoms with van der Waals surface area (Å²) in [6.07, 6.45) is 5.63. The molecule has 0 unspecified atom stereocenters. The van der Waals surface area contributed by atoms with E-state index in [9.17, 15) is 9.59 Å². The summed E-state index contributed by atoms with van der Waals surface area (Å²) in [5, 5.41) is 13.2. The van der Waals surface area contributed by atoms with Crippen LogP contribution in [-0.2, 0) is 29.8 Å². The van der Waals surface area contributed by atoms with Crippen LogP contribution in [0, 0.1) is 5.92 Å². The molecule has 0 saturated heterocycles. The summed E-state index contributed by atoms with van der Waals surface area (Å²) in [6, 6.07) is 0. The van der Waals surface area contributed by atoms with Gasteiger partial charge < -0.3 is 10.3 Å². The number of nitrogens with one attached hydrogen (secondary N) is 2. The van der Waals surface area contributed by atoms with Gasteiger partial charge in [0.1, 0.15) is 15.7 Å². The van der Waals surface area contributed by atoms with E-state index in [4.69, 9.17) is 0 Å². The molecule has 1 aliphatic rings. The minimum atomic E-state index is -0.0717. The summed E-state index contributed by atoms with van der Waals surface area (Å²) < 4.78 is 0. The van der Waals surface area contributed by atoms with Crippen LogP contribution in [0.25, 0.3) is 10.2 Å². The first-order valence-corrected chi connectivity index (χ1v) is 13.0. The molecule has 10 heteroatoms. The van der Waals surface area contributed by atoms with Gasteiger partial charge >= 0.3 is 0 Å². The molecule has 3 aromatic rings. The Morgan fingerprint density at radius 3 is 2.90 bits per heavy atom. The van der Waals surface area contributed by atoms with Crippen LogP contribution in [0.3, 0.4) is 0 Å². The Labute approximate surface area is 187 Å². The van der Waals surface area contributed by atoms with Crippen LogP contribution in [0.5, 0.6) is 0 Å². The average Bonchev–Trinajstić information content (AvgIpc) is 3.28. The van der Waals surface area contributed by atoms with E-state index in [0.29, 0.717) is 34.8 Å². The maximum absolute atomic E-state index is 12.6. The highest BCUT2D eigenvalue weighted by Crippen LogP contribution is 2.33. The van der Waals surface area contributed by atoms with Crippen molar-refractivity contribution in [2.75, 3.05) is 11.1 Å². The van der Waals surface area contributed by atoms with Crippen LogP contribution in [0.4, 0.5) is 5.13 Å². The molecule has 0 aromatic carbocycles. The highest BCUT2D eigenvalue weighted by Gasteiger charge is 2.19. The van der Waals surface area contributed by atoms with E-state index in [-0.39, 0.29) is 11.5 Å². The van der Waals surface area contributed by atoms with Crippen molar-refractivity contribution in [3.05, 3.63) is 31.6 Å². The number of rotatable bonds is 8. The molecule has 0 radical (unpaired) electrons. The molecular formula is C20H25N5O2S3. The molecule has 0 spiro atoms. The van der Waals surface area contributed by atoms with Crippen LogP contribution in [-0.4, -0.2) is 31.8 Å². The summed E-state index contributed by atoms with van der Waals surface area (Å²) in [6.45, 7) is 4.26. The number of aryl methyl sites for hydroxylation is 2. The topological polar surface area (TPSA) is 101 Å². The summed E-state index contributed by atoms with van der Waals surface area (Å²) in [5.41, 5.74) is 1.18. The number of carbonyl (C=O) groups is 1. The van der Waals surface area contributed by atoms with Crippen LogP contribution >= 0.6 is 34.4 Å². The lowest BCUT2D eigenvalue weighted by Crippen LogP contribution is -2.13. The second-order valence-electron chi connectivity index (χ2n) is 7.85. The van der Waals surface area contributed by atoms with Gasteiger partial charge in [0.15, 0.2) is 0 Å². The van der Waals surface area contributed by atoms with Gasteiger partial charge in [-0.05, 0) is 37.2 Å². The molecule has 3 aromatic heterocycles. The third-order valence-electron chi connectivity index (χ3n) is 4.88. The average molecular weight is 464 g/mol. The molecular weight excluding hydrogens is 438 g/mol. The van der Waals surface area contributed by atoms with Crippen LogP contribution in [0.2, 0.25) is 0 Å². The zero-order chi connectivity index (χ0) is 21.1. The lowest BCUT2D eigenvalue weighted by Gasteiger charge is -2.09. The zero-order valence-electron chi connectivity index (χ0n) is 17.1. The number of hydrogen-bond acceptors (Lipinski definition) is 8. The second kappa shape index (κ2) is 9.57. The molecule has 0 aliphatic heterocycles. The standard InChI is InChI=1S/C20H25N5O2S3/c1-11(2)9-16-24-25-20(30-16)23-15(26)7-8-28-10-14-21-18(27)17-12-5-3-4-6-13(12)29-19(17)22-14/h11H,3-10H2,1-2H3,(H,21,22,27)(H,23,25,26). The smallest absolute Gasteiger partial charge is 0.259 e. The van der Waals surface area contributed by atoms with E-state index in [1.54, 1.807) is 23.1 Å². The van der Waals surface area contributed by atoms with Gasteiger partial charge in [0.25, 0.3) is 5.56 Å². The predicted octanol–water partition coefficient (Wildman–Crippen LogP) is 4.18. The predicted molar refractivity (Wildman–Crippen MR) is 125 cm³/mol. The molecule has 7 nitrogen and oxygen atoms in total. The number of anilines is 1. The largest absolute Gasteiger partial charge is 0.309 e. The molecule has 160 valence electrons. The Morgan fingerprint density at radius 1 is 1.23 bits per heavy atom. The maximum atomic E-state index is 12.6. The van der Waals surface area contributed by atoms with E-state index in [1.807, 2.05) is 0 Å². The van der Waals surface area contributed by atoms with Crippen molar-refractivity contribution in [2.24, 2.45) is 5.92 Å². The summed E-state index contributed by atoms with van der Waals surface area (Å²) in [5.74, 6) is 2.35. The lowest BCUT2D eigenvalue weighted by atomic mass is 9.97. The van der Waals surface area contributed by atoms with Crippen molar-refractivity contribution < 1.29 is 4.79 Å². The van der Waals surface area contributed by atoms with Crippen molar-refractivity contribution in [3.8, 4) is 0 Å². The molecule has 4 rings (SSSR count). The number of fused-ring (bicyclic) bond motifs is 3. The quantitative estimate of drug-likeness (QED) is 0.486. The summed E-state index contributed by atoms with van der Waals surface area (Å²) in [7, 11) is 0. The Morgan fingerprint density at radius 2 is 2.07 bits per heavy atom. The van der Waals surface area contributed by atoms with Gasteiger partial charge in [0, 0.05) is 23.5 Å². The highest BCUT2D eigenvalue weighted by molar-refractivity contribution is 7.98. The summed E-state index contributed by atoms with van der Waals surface area (Å²) in [4.78, 5) is 34.5. The zero-order valence-corrected chi connectivity index (χ0v) is 19.6. The van der Waals surface area contributed by atoms with Gasteiger partial charge in [-0.15, -0.1) is 21.5 Å².